The van der Waals surface area contributed by atoms with Crippen LogP contribution in [0.15, 0.2) is 133 Å². The van der Waals surface area contributed by atoms with Crippen LogP contribution in [0.5, 0.6) is 0 Å². The van der Waals surface area contributed by atoms with Crippen molar-refractivity contribution < 1.29 is 0 Å². The van der Waals surface area contributed by atoms with Crippen molar-refractivity contribution in [2.75, 3.05) is 0 Å². The first-order valence-corrected chi connectivity index (χ1v) is 13.9. The van der Waals surface area contributed by atoms with Gasteiger partial charge in [0.2, 0.25) is 0 Å². The van der Waals surface area contributed by atoms with Crippen molar-refractivity contribution in [1.29, 1.82) is 0 Å². The highest BCUT2D eigenvalue weighted by Gasteiger charge is 2.24. The lowest BCUT2D eigenvalue weighted by Crippen LogP contribution is -1.95. The maximum absolute atomic E-state index is 2.49. The first-order chi connectivity index (χ1) is 19.9. The summed E-state index contributed by atoms with van der Waals surface area (Å²) in [5.41, 5.74) is 7.53. The fraction of sp³-hybridized carbons (Fsp3) is 0. The van der Waals surface area contributed by atoms with Crippen molar-refractivity contribution in [3.63, 3.8) is 0 Å². The van der Waals surface area contributed by atoms with Gasteiger partial charge in [-0.2, -0.15) is 0 Å². The zero-order chi connectivity index (χ0) is 25.9. The normalized spacial score (nSPS) is 12.5. The molecule has 0 N–H and O–H groups in total. The largest absolute Gasteiger partial charge is 0.307 e. The standard InChI is InChI=1S/C38H22N2/c1-2-12-26-24(10-1)25-11-3-4-13-27(25)32-22-23(20-21-28(26)32)39-34-17-8-7-16-31(34)36-37-30-15-6-5-14-29(30)33-18-9-19-35(38(36)39)40(33)37/h1-22H. The van der Waals surface area contributed by atoms with E-state index < -0.39 is 0 Å². The van der Waals surface area contributed by atoms with E-state index in [4.69, 9.17) is 0 Å². The molecule has 0 amide bonds. The van der Waals surface area contributed by atoms with Gasteiger partial charge in [0.25, 0.3) is 0 Å². The first-order valence-electron chi connectivity index (χ1n) is 13.9. The summed E-state index contributed by atoms with van der Waals surface area (Å²) < 4.78 is 4.97. The molecule has 0 saturated carbocycles. The van der Waals surface area contributed by atoms with Crippen LogP contribution in [0.4, 0.5) is 0 Å². The van der Waals surface area contributed by atoms with E-state index in [1.165, 1.54) is 87.1 Å². The zero-order valence-electron chi connectivity index (χ0n) is 21.6. The number of rotatable bonds is 1. The third-order valence-corrected chi connectivity index (χ3v) is 9.01. The highest BCUT2D eigenvalue weighted by Crippen LogP contribution is 2.45. The highest BCUT2D eigenvalue weighted by atomic mass is 15.0. The summed E-state index contributed by atoms with van der Waals surface area (Å²) in [4.78, 5) is 0. The molecule has 0 spiro atoms. The number of nitrogens with zero attached hydrogens (tertiary/aromatic N) is 2. The molecule has 184 valence electrons. The van der Waals surface area contributed by atoms with Crippen LogP contribution in [0.1, 0.15) is 0 Å². The Balaban J connectivity index is 1.43. The van der Waals surface area contributed by atoms with Crippen LogP contribution in [0.25, 0.3) is 87.1 Å². The van der Waals surface area contributed by atoms with Crippen molar-refractivity contribution in [3.05, 3.63) is 133 Å². The minimum absolute atomic E-state index is 1.19. The van der Waals surface area contributed by atoms with Gasteiger partial charge in [-0.1, -0.05) is 103 Å². The Morgan fingerprint density at radius 2 is 0.850 bits per heavy atom. The summed E-state index contributed by atoms with van der Waals surface area (Å²) in [7, 11) is 0. The quantitative estimate of drug-likeness (QED) is 0.196. The van der Waals surface area contributed by atoms with Gasteiger partial charge in [-0.3, -0.25) is 0 Å². The summed E-state index contributed by atoms with van der Waals surface area (Å²) >= 11 is 0. The predicted molar refractivity (Wildman–Crippen MR) is 170 cm³/mol. The third kappa shape index (κ3) is 2.36. The molecule has 0 aliphatic carbocycles. The molecule has 0 atom stereocenters. The van der Waals surface area contributed by atoms with Crippen molar-refractivity contribution in [3.8, 4) is 5.69 Å². The fourth-order valence-corrected chi connectivity index (χ4v) is 7.45. The van der Waals surface area contributed by atoms with E-state index in [9.17, 15) is 0 Å². The summed E-state index contributed by atoms with van der Waals surface area (Å²) in [6.45, 7) is 0. The molecule has 2 nitrogen and oxygen atoms in total. The molecule has 0 aliphatic rings. The Labute approximate surface area is 229 Å². The van der Waals surface area contributed by atoms with Gasteiger partial charge in [-0.25, -0.2) is 0 Å². The Morgan fingerprint density at radius 1 is 0.325 bits per heavy atom. The molecule has 0 aliphatic heterocycles. The van der Waals surface area contributed by atoms with Crippen LogP contribution >= 0.6 is 0 Å². The maximum atomic E-state index is 2.49. The van der Waals surface area contributed by atoms with Crippen molar-refractivity contribution in [2.24, 2.45) is 0 Å². The van der Waals surface area contributed by atoms with Crippen molar-refractivity contribution >= 4 is 81.4 Å². The van der Waals surface area contributed by atoms with Gasteiger partial charge in [0.15, 0.2) is 0 Å². The molecule has 0 radical (unpaired) electrons. The molecule has 0 unspecified atom stereocenters. The number of benzene rings is 6. The summed E-state index contributed by atoms with van der Waals surface area (Å²) in [5, 5.41) is 13.0. The van der Waals surface area contributed by atoms with Gasteiger partial charge >= 0.3 is 0 Å². The smallest absolute Gasteiger partial charge is 0.0803 e. The van der Waals surface area contributed by atoms with Gasteiger partial charge in [-0.15, -0.1) is 0 Å². The van der Waals surface area contributed by atoms with Crippen LogP contribution in [0.2, 0.25) is 0 Å². The average molecular weight is 507 g/mol. The zero-order valence-corrected chi connectivity index (χ0v) is 21.6. The number of aromatic nitrogens is 2. The van der Waals surface area contributed by atoms with Gasteiger partial charge in [0.1, 0.15) is 0 Å². The lowest BCUT2D eigenvalue weighted by Gasteiger charge is -2.14. The highest BCUT2D eigenvalue weighted by molar-refractivity contribution is 6.31. The fourth-order valence-electron chi connectivity index (χ4n) is 7.45. The van der Waals surface area contributed by atoms with Gasteiger partial charge < -0.3 is 8.97 Å². The van der Waals surface area contributed by atoms with E-state index in [-0.39, 0.29) is 0 Å². The predicted octanol–water partition coefficient (Wildman–Crippen LogP) is 10.2. The SMILES string of the molecule is c1ccc2c(c1)c1ccccc1c1cc(-n3c4ccccc4c4c3c3cccc5c6ccccc6c4n53)ccc21. The number of hydrogen-bond donors (Lipinski definition) is 0. The molecular weight excluding hydrogens is 484 g/mol. The lowest BCUT2D eigenvalue weighted by molar-refractivity contribution is 1.19. The second kappa shape index (κ2) is 7.19. The van der Waals surface area contributed by atoms with Gasteiger partial charge in [-0.05, 0) is 62.6 Å². The number of para-hydroxylation sites is 1. The van der Waals surface area contributed by atoms with E-state index in [1.54, 1.807) is 0 Å². The van der Waals surface area contributed by atoms with E-state index in [0.29, 0.717) is 0 Å². The van der Waals surface area contributed by atoms with Gasteiger partial charge in [0, 0.05) is 27.2 Å². The Hall–Kier alpha value is -5.34. The summed E-state index contributed by atoms with van der Waals surface area (Å²) in [6, 6.07) is 49.1. The van der Waals surface area contributed by atoms with Crippen LogP contribution in [-0.4, -0.2) is 8.97 Å². The molecule has 4 heterocycles. The molecule has 40 heavy (non-hydrogen) atoms. The number of pyridine rings is 1. The Kier molecular flexibility index (Phi) is 3.70. The molecule has 10 aromatic rings. The van der Waals surface area contributed by atoms with E-state index in [1.807, 2.05) is 0 Å². The second-order valence-electron chi connectivity index (χ2n) is 10.9. The average Bonchev–Trinajstić information content (AvgIpc) is 3.66. The second-order valence-corrected chi connectivity index (χ2v) is 10.9. The van der Waals surface area contributed by atoms with E-state index >= 15 is 0 Å². The maximum Gasteiger partial charge on any atom is 0.0803 e. The third-order valence-electron chi connectivity index (χ3n) is 9.01. The molecule has 4 aromatic heterocycles. The summed E-state index contributed by atoms with van der Waals surface area (Å²) in [5.74, 6) is 0. The Bertz CT molecular complexity index is 2610. The first kappa shape index (κ1) is 20.6. The number of fused-ring (bicyclic) bond motifs is 14. The van der Waals surface area contributed by atoms with Crippen LogP contribution in [0, 0.1) is 0 Å². The molecule has 0 fully saturated rings. The molecule has 6 aromatic carbocycles. The lowest BCUT2D eigenvalue weighted by atomic mass is 9.94. The molecule has 2 heteroatoms. The van der Waals surface area contributed by atoms with Gasteiger partial charge in [0.05, 0.1) is 27.6 Å². The molecule has 0 saturated heterocycles. The van der Waals surface area contributed by atoms with Crippen LogP contribution in [0.3, 0.4) is 0 Å². The van der Waals surface area contributed by atoms with Crippen molar-refractivity contribution in [1.82, 2.24) is 8.97 Å². The van der Waals surface area contributed by atoms with E-state index in [0.717, 1.165) is 0 Å². The molecule has 10 rings (SSSR count). The topological polar surface area (TPSA) is 9.34 Å². The number of hydrogen-bond acceptors (Lipinski definition) is 0. The molecular formula is C38H22N2. The van der Waals surface area contributed by atoms with E-state index in [2.05, 4.69) is 142 Å². The van der Waals surface area contributed by atoms with Crippen LogP contribution in [-0.2, 0) is 0 Å². The monoisotopic (exact) mass is 506 g/mol. The minimum Gasteiger partial charge on any atom is -0.307 e. The van der Waals surface area contributed by atoms with Crippen molar-refractivity contribution in [2.45, 2.75) is 0 Å². The Morgan fingerprint density at radius 3 is 1.57 bits per heavy atom. The van der Waals surface area contributed by atoms with Crippen LogP contribution < -0.4 is 0 Å². The summed E-state index contributed by atoms with van der Waals surface area (Å²) in [6.07, 6.45) is 0. The minimum atomic E-state index is 1.19. The molecule has 0 bridgehead atoms.